The van der Waals surface area contributed by atoms with Crippen LogP contribution < -0.4 is 9.47 Å². The molecule has 136 valence electrons. The van der Waals surface area contributed by atoms with E-state index in [0.29, 0.717) is 30.2 Å². The first-order valence-electron chi connectivity index (χ1n) is 8.24. The Morgan fingerprint density at radius 2 is 2.08 bits per heavy atom. The van der Waals surface area contributed by atoms with Gasteiger partial charge in [0.05, 0.1) is 39.6 Å². The number of furan rings is 1. The molecule has 1 amide bonds. The van der Waals surface area contributed by atoms with E-state index in [1.807, 2.05) is 19.9 Å². The van der Waals surface area contributed by atoms with Gasteiger partial charge in [0, 0.05) is 17.5 Å². The summed E-state index contributed by atoms with van der Waals surface area (Å²) >= 11 is 0. The van der Waals surface area contributed by atoms with Gasteiger partial charge < -0.3 is 28.6 Å². The Morgan fingerprint density at radius 3 is 2.64 bits per heavy atom. The molecule has 2 heterocycles. The van der Waals surface area contributed by atoms with Crippen LogP contribution in [0.5, 0.6) is 11.5 Å². The number of benzene rings is 1. The number of likely N-dealkylation sites (N-methyl/N-ethyl adjacent to an activating group) is 1. The predicted molar refractivity (Wildman–Crippen MR) is 91.4 cm³/mol. The molecule has 2 aromatic rings. The highest BCUT2D eigenvalue weighted by Gasteiger charge is 2.36. The Labute approximate surface area is 146 Å². The van der Waals surface area contributed by atoms with Crippen molar-refractivity contribution in [2.75, 3.05) is 34.0 Å². The van der Waals surface area contributed by atoms with Gasteiger partial charge in [-0.05, 0) is 26.0 Å². The van der Waals surface area contributed by atoms with Crippen molar-refractivity contribution in [1.29, 1.82) is 0 Å². The monoisotopic (exact) mass is 349 g/mol. The van der Waals surface area contributed by atoms with Crippen molar-refractivity contribution in [3.05, 3.63) is 23.5 Å². The second-order valence-electron chi connectivity index (χ2n) is 6.00. The van der Waals surface area contributed by atoms with E-state index in [9.17, 15) is 9.90 Å². The predicted octanol–water partition coefficient (Wildman–Crippen LogP) is 1.98. The molecule has 0 saturated carbocycles. The number of ether oxygens (including phenoxy) is 3. The summed E-state index contributed by atoms with van der Waals surface area (Å²) in [6.45, 7) is 4.70. The van der Waals surface area contributed by atoms with Crippen molar-refractivity contribution in [1.82, 2.24) is 4.90 Å². The number of fused-ring (bicyclic) bond motifs is 1. The van der Waals surface area contributed by atoms with Gasteiger partial charge in [-0.15, -0.1) is 0 Å². The normalized spacial score (nSPS) is 20.0. The second-order valence-corrected chi connectivity index (χ2v) is 6.00. The standard InChI is InChI=1S/C18H23NO6/c1-5-19(12-8-24-9-13(12)20)18(21)15-10(2)11-6-7-14(22-3)17(23-4)16(11)25-15/h6-7,12-13,20H,5,8-9H2,1-4H3/t12-,13-/m1/s1. The Balaban J connectivity index is 2.05. The lowest BCUT2D eigenvalue weighted by atomic mass is 10.1. The average molecular weight is 349 g/mol. The van der Waals surface area contributed by atoms with E-state index in [-0.39, 0.29) is 24.3 Å². The summed E-state index contributed by atoms with van der Waals surface area (Å²) in [6, 6.07) is 3.25. The summed E-state index contributed by atoms with van der Waals surface area (Å²) < 4.78 is 21.9. The van der Waals surface area contributed by atoms with E-state index >= 15 is 0 Å². The number of aliphatic hydroxyl groups is 1. The van der Waals surface area contributed by atoms with Crippen LogP contribution >= 0.6 is 0 Å². The number of aliphatic hydroxyl groups excluding tert-OH is 1. The molecule has 7 nitrogen and oxygen atoms in total. The third-order valence-corrected chi connectivity index (χ3v) is 4.67. The third kappa shape index (κ3) is 2.83. The van der Waals surface area contributed by atoms with E-state index in [0.717, 1.165) is 10.9 Å². The molecule has 1 aliphatic heterocycles. The molecule has 0 unspecified atom stereocenters. The minimum Gasteiger partial charge on any atom is -0.493 e. The Kier molecular flexibility index (Phi) is 4.87. The molecule has 7 heteroatoms. The van der Waals surface area contributed by atoms with Gasteiger partial charge in [0.25, 0.3) is 5.91 Å². The third-order valence-electron chi connectivity index (χ3n) is 4.67. The molecular weight excluding hydrogens is 326 g/mol. The zero-order valence-electron chi connectivity index (χ0n) is 14.9. The molecule has 1 N–H and O–H groups in total. The van der Waals surface area contributed by atoms with Crippen LogP contribution in [0.1, 0.15) is 23.0 Å². The zero-order chi connectivity index (χ0) is 18.1. The molecular formula is C18H23NO6. The number of amides is 1. The first-order valence-corrected chi connectivity index (χ1v) is 8.24. The highest BCUT2D eigenvalue weighted by molar-refractivity contribution is 6.01. The van der Waals surface area contributed by atoms with E-state index in [1.165, 1.54) is 7.11 Å². The molecule has 1 aromatic carbocycles. The minimum atomic E-state index is -0.691. The van der Waals surface area contributed by atoms with Crippen molar-refractivity contribution >= 4 is 16.9 Å². The maximum atomic E-state index is 13.0. The summed E-state index contributed by atoms with van der Waals surface area (Å²) in [5.41, 5.74) is 1.20. The van der Waals surface area contributed by atoms with Crippen molar-refractivity contribution in [3.63, 3.8) is 0 Å². The Morgan fingerprint density at radius 1 is 1.32 bits per heavy atom. The van der Waals surface area contributed by atoms with Crippen LogP contribution in [0.3, 0.4) is 0 Å². The number of methoxy groups -OCH3 is 2. The van der Waals surface area contributed by atoms with Crippen molar-refractivity contribution < 1.29 is 28.5 Å². The van der Waals surface area contributed by atoms with Crippen LogP contribution in [-0.4, -0.2) is 62.0 Å². The van der Waals surface area contributed by atoms with Crippen LogP contribution in [0.15, 0.2) is 16.5 Å². The van der Waals surface area contributed by atoms with Gasteiger partial charge >= 0.3 is 0 Å². The number of hydrogen-bond acceptors (Lipinski definition) is 6. The van der Waals surface area contributed by atoms with Gasteiger partial charge in [0.15, 0.2) is 17.1 Å². The van der Waals surface area contributed by atoms with E-state index in [2.05, 4.69) is 0 Å². The van der Waals surface area contributed by atoms with E-state index in [1.54, 1.807) is 18.1 Å². The van der Waals surface area contributed by atoms with Gasteiger partial charge in [0.2, 0.25) is 5.75 Å². The summed E-state index contributed by atoms with van der Waals surface area (Å²) in [5.74, 6) is 0.957. The highest BCUT2D eigenvalue weighted by Crippen LogP contribution is 2.39. The molecule has 2 atom stereocenters. The van der Waals surface area contributed by atoms with E-state index < -0.39 is 6.10 Å². The lowest BCUT2D eigenvalue weighted by molar-refractivity contribution is 0.0493. The van der Waals surface area contributed by atoms with Crippen LogP contribution in [0, 0.1) is 6.92 Å². The van der Waals surface area contributed by atoms with Crippen molar-refractivity contribution in [2.45, 2.75) is 26.0 Å². The SMILES string of the molecule is CCN(C(=O)c1oc2c(OC)c(OC)ccc2c1C)[C@@H]1COC[C@H]1O. The number of aryl methyl sites for hydroxylation is 1. The molecule has 25 heavy (non-hydrogen) atoms. The fourth-order valence-corrected chi connectivity index (χ4v) is 3.29. The molecule has 0 spiro atoms. The van der Waals surface area contributed by atoms with Crippen LogP contribution in [-0.2, 0) is 4.74 Å². The topological polar surface area (TPSA) is 81.4 Å². The first kappa shape index (κ1) is 17.6. The van der Waals surface area contributed by atoms with Gasteiger partial charge in [-0.1, -0.05) is 0 Å². The maximum Gasteiger partial charge on any atom is 0.290 e. The first-order chi connectivity index (χ1) is 12.0. The Hall–Kier alpha value is -2.25. The van der Waals surface area contributed by atoms with Gasteiger partial charge in [0.1, 0.15) is 0 Å². The second kappa shape index (κ2) is 6.93. The molecule has 0 radical (unpaired) electrons. The number of carbonyl (C=O) groups is 1. The van der Waals surface area contributed by atoms with Crippen molar-refractivity contribution in [3.8, 4) is 11.5 Å². The molecule has 1 saturated heterocycles. The zero-order valence-corrected chi connectivity index (χ0v) is 14.9. The van der Waals surface area contributed by atoms with Gasteiger partial charge in [-0.2, -0.15) is 0 Å². The summed E-state index contributed by atoms with van der Waals surface area (Å²) in [7, 11) is 3.08. The van der Waals surface area contributed by atoms with Crippen molar-refractivity contribution in [2.24, 2.45) is 0 Å². The molecule has 0 aliphatic carbocycles. The van der Waals surface area contributed by atoms with Gasteiger partial charge in [-0.25, -0.2) is 0 Å². The smallest absolute Gasteiger partial charge is 0.290 e. The number of carbonyl (C=O) groups excluding carboxylic acids is 1. The summed E-state index contributed by atoms with van der Waals surface area (Å²) in [4.78, 5) is 14.6. The minimum absolute atomic E-state index is 0.235. The van der Waals surface area contributed by atoms with Crippen LogP contribution in [0.4, 0.5) is 0 Å². The van der Waals surface area contributed by atoms with Gasteiger partial charge in [-0.3, -0.25) is 4.79 Å². The molecule has 1 fully saturated rings. The number of hydrogen-bond donors (Lipinski definition) is 1. The summed E-state index contributed by atoms with van der Waals surface area (Å²) in [5, 5.41) is 10.9. The average Bonchev–Trinajstić information content (AvgIpc) is 3.18. The molecule has 0 bridgehead atoms. The number of nitrogens with zero attached hydrogens (tertiary/aromatic N) is 1. The maximum absolute atomic E-state index is 13.0. The summed E-state index contributed by atoms with van der Waals surface area (Å²) in [6.07, 6.45) is -0.691. The Bertz CT molecular complexity index is 783. The number of rotatable bonds is 5. The highest BCUT2D eigenvalue weighted by atomic mass is 16.5. The fraction of sp³-hybridized carbons (Fsp3) is 0.500. The lowest BCUT2D eigenvalue weighted by Crippen LogP contribution is -2.46. The largest absolute Gasteiger partial charge is 0.493 e. The lowest BCUT2D eigenvalue weighted by Gasteiger charge is -2.28. The quantitative estimate of drug-likeness (QED) is 0.889. The van der Waals surface area contributed by atoms with E-state index in [4.69, 9.17) is 18.6 Å². The molecule has 1 aliphatic rings. The fourth-order valence-electron chi connectivity index (χ4n) is 3.29. The van der Waals surface area contributed by atoms with Crippen LogP contribution in [0.2, 0.25) is 0 Å². The molecule has 3 rings (SSSR count). The molecule has 1 aromatic heterocycles. The van der Waals surface area contributed by atoms with Crippen LogP contribution in [0.25, 0.3) is 11.0 Å².